The van der Waals surface area contributed by atoms with Gasteiger partial charge in [0.05, 0.1) is 22.1 Å². The average molecular weight is 725 g/mol. The van der Waals surface area contributed by atoms with Crippen LogP contribution >= 0.6 is 0 Å². The lowest BCUT2D eigenvalue weighted by atomic mass is 9.90. The zero-order chi connectivity index (χ0) is 37.5. The van der Waals surface area contributed by atoms with Gasteiger partial charge >= 0.3 is 0 Å². The molecule has 0 fully saturated rings. The number of hydrogen-bond acceptors (Lipinski definition) is 0. The second-order valence-corrected chi connectivity index (χ2v) is 15.3. The van der Waals surface area contributed by atoms with Crippen molar-refractivity contribution >= 4 is 43.6 Å². The maximum Gasteiger partial charge on any atom is 0.0548 e. The van der Waals surface area contributed by atoms with E-state index in [9.17, 15) is 0 Å². The molecule has 2 nitrogen and oxygen atoms in total. The van der Waals surface area contributed by atoms with Gasteiger partial charge in [0.2, 0.25) is 0 Å². The van der Waals surface area contributed by atoms with E-state index in [0.29, 0.717) is 0 Å². The number of aromatic nitrogens is 2. The molecule has 9 aromatic carbocycles. The van der Waals surface area contributed by atoms with Gasteiger partial charge in [-0.3, -0.25) is 0 Å². The van der Waals surface area contributed by atoms with Crippen molar-refractivity contribution in [1.82, 2.24) is 9.13 Å². The van der Waals surface area contributed by atoms with E-state index in [2.05, 4.69) is 215 Å². The summed E-state index contributed by atoms with van der Waals surface area (Å²) >= 11 is 0. The smallest absolute Gasteiger partial charge is 0.0548 e. The van der Waals surface area contributed by atoms with E-state index in [4.69, 9.17) is 0 Å². The summed E-state index contributed by atoms with van der Waals surface area (Å²) in [5, 5.41) is 5.10. The van der Waals surface area contributed by atoms with Crippen LogP contribution in [0.25, 0.3) is 99.5 Å². The van der Waals surface area contributed by atoms with Gasteiger partial charge in [0.25, 0.3) is 0 Å². The first-order valence-electron chi connectivity index (χ1n) is 19.8. The maximum atomic E-state index is 2.47. The standard InChI is InChI=1S/C55H36N2/c1-3-14-36(15-4-1)37-26-28-38(29-27-37)47-34-41(35-48-44-21-8-7-16-40(44)33-49(47)48)39-17-13-20-43(32-39)57-51-25-12-10-23-46(51)55-53(57)31-30-52-54(55)45-22-9-11-24-50(45)56(52)42-18-5-2-6-19-42/h1-32,34-35H,33H2. The first-order valence-corrected chi connectivity index (χ1v) is 19.8. The molecule has 0 radical (unpaired) electrons. The van der Waals surface area contributed by atoms with Crippen LogP contribution in [0, 0.1) is 0 Å². The Balaban J connectivity index is 1.06. The largest absolute Gasteiger partial charge is 0.309 e. The lowest BCUT2D eigenvalue weighted by Gasteiger charge is -2.15. The van der Waals surface area contributed by atoms with Gasteiger partial charge in [-0.25, -0.2) is 0 Å². The Bertz CT molecular complexity index is 3350. The highest BCUT2D eigenvalue weighted by Crippen LogP contribution is 2.46. The Kier molecular flexibility index (Phi) is 7.02. The van der Waals surface area contributed by atoms with E-state index in [-0.39, 0.29) is 0 Å². The van der Waals surface area contributed by atoms with Gasteiger partial charge < -0.3 is 9.13 Å². The molecule has 57 heavy (non-hydrogen) atoms. The van der Waals surface area contributed by atoms with E-state index in [1.54, 1.807) is 0 Å². The van der Waals surface area contributed by atoms with E-state index in [1.165, 1.54) is 105 Å². The van der Waals surface area contributed by atoms with Crippen LogP contribution in [-0.4, -0.2) is 9.13 Å². The second-order valence-electron chi connectivity index (χ2n) is 15.3. The van der Waals surface area contributed by atoms with Gasteiger partial charge in [0, 0.05) is 32.9 Å². The fraction of sp³-hybridized carbons (Fsp3) is 0.0182. The predicted molar refractivity (Wildman–Crippen MR) is 240 cm³/mol. The molecule has 2 aromatic heterocycles. The van der Waals surface area contributed by atoms with Crippen molar-refractivity contribution in [3.05, 3.63) is 217 Å². The Morgan fingerprint density at radius 1 is 0.298 bits per heavy atom. The number of nitrogens with zero attached hydrogens (tertiary/aromatic N) is 2. The number of para-hydroxylation sites is 3. The third-order valence-electron chi connectivity index (χ3n) is 12.2. The second kappa shape index (κ2) is 12.6. The van der Waals surface area contributed by atoms with E-state index >= 15 is 0 Å². The molecule has 0 N–H and O–H groups in total. The Labute approximate surface area is 331 Å². The maximum absolute atomic E-state index is 2.47. The van der Waals surface area contributed by atoms with Crippen molar-refractivity contribution in [1.29, 1.82) is 0 Å². The summed E-state index contributed by atoms with van der Waals surface area (Å²) in [5.41, 5.74) is 20.1. The van der Waals surface area contributed by atoms with Crippen LogP contribution in [0.5, 0.6) is 0 Å². The summed E-state index contributed by atoms with van der Waals surface area (Å²) in [6, 6.07) is 75.8. The van der Waals surface area contributed by atoms with Crippen molar-refractivity contribution in [2.24, 2.45) is 0 Å². The summed E-state index contributed by atoms with van der Waals surface area (Å²) in [6.07, 6.45) is 0.943. The molecule has 2 heterocycles. The molecule has 11 aromatic rings. The van der Waals surface area contributed by atoms with Crippen LogP contribution in [0.4, 0.5) is 0 Å². The Morgan fingerprint density at radius 3 is 1.54 bits per heavy atom. The number of hydrogen-bond donors (Lipinski definition) is 0. The third kappa shape index (κ3) is 4.91. The van der Waals surface area contributed by atoms with Gasteiger partial charge in [-0.2, -0.15) is 0 Å². The fourth-order valence-corrected chi connectivity index (χ4v) is 9.60. The zero-order valence-corrected chi connectivity index (χ0v) is 31.2. The summed E-state index contributed by atoms with van der Waals surface area (Å²) < 4.78 is 4.88. The van der Waals surface area contributed by atoms with Gasteiger partial charge in [-0.05, 0) is 123 Å². The summed E-state index contributed by atoms with van der Waals surface area (Å²) in [5.74, 6) is 0. The lowest BCUT2D eigenvalue weighted by molar-refractivity contribution is 1.17. The monoisotopic (exact) mass is 724 g/mol. The van der Waals surface area contributed by atoms with Gasteiger partial charge in [-0.1, -0.05) is 146 Å². The molecule has 266 valence electrons. The van der Waals surface area contributed by atoms with Crippen molar-refractivity contribution in [3.63, 3.8) is 0 Å². The Hall–Kier alpha value is -7.42. The Morgan fingerprint density at radius 2 is 0.825 bits per heavy atom. The van der Waals surface area contributed by atoms with E-state index in [0.717, 1.165) is 12.1 Å². The van der Waals surface area contributed by atoms with E-state index < -0.39 is 0 Å². The quantitative estimate of drug-likeness (QED) is 0.167. The lowest BCUT2D eigenvalue weighted by Crippen LogP contribution is -1.96. The molecular weight excluding hydrogens is 689 g/mol. The summed E-state index contributed by atoms with van der Waals surface area (Å²) in [6.45, 7) is 0. The highest BCUT2D eigenvalue weighted by Gasteiger charge is 2.24. The highest BCUT2D eigenvalue weighted by atomic mass is 15.0. The van der Waals surface area contributed by atoms with Crippen LogP contribution in [0.2, 0.25) is 0 Å². The number of rotatable bonds is 5. The van der Waals surface area contributed by atoms with Gasteiger partial charge in [-0.15, -0.1) is 0 Å². The molecule has 1 aliphatic rings. The van der Waals surface area contributed by atoms with Crippen molar-refractivity contribution < 1.29 is 0 Å². The minimum atomic E-state index is 0.943. The SMILES string of the molecule is c1ccc(-c2ccc(-c3cc(-c4cccc(-n5c6ccccc6c6c7c8ccccc8n(-c8ccccc8)c7ccc65)c4)cc4c3Cc3ccccc3-4)cc2)cc1. The number of benzene rings is 9. The first kappa shape index (κ1) is 31.9. The van der Waals surface area contributed by atoms with Crippen LogP contribution in [0.15, 0.2) is 206 Å². The third-order valence-corrected chi connectivity index (χ3v) is 12.2. The summed E-state index contributed by atoms with van der Waals surface area (Å²) in [4.78, 5) is 0. The van der Waals surface area contributed by atoms with E-state index in [1.807, 2.05) is 0 Å². The van der Waals surface area contributed by atoms with Crippen molar-refractivity contribution in [3.8, 4) is 55.9 Å². The van der Waals surface area contributed by atoms with Crippen LogP contribution in [0.3, 0.4) is 0 Å². The molecule has 0 spiro atoms. The van der Waals surface area contributed by atoms with Crippen molar-refractivity contribution in [2.75, 3.05) is 0 Å². The van der Waals surface area contributed by atoms with Gasteiger partial charge in [0.1, 0.15) is 0 Å². The predicted octanol–water partition coefficient (Wildman–Crippen LogP) is 14.5. The molecule has 0 atom stereocenters. The van der Waals surface area contributed by atoms with Gasteiger partial charge in [0.15, 0.2) is 0 Å². The molecule has 0 saturated heterocycles. The first-order chi connectivity index (χ1) is 28.3. The average Bonchev–Trinajstić information content (AvgIpc) is 3.94. The molecule has 1 aliphatic carbocycles. The molecule has 0 amide bonds. The molecule has 0 saturated carbocycles. The minimum Gasteiger partial charge on any atom is -0.309 e. The van der Waals surface area contributed by atoms with Crippen LogP contribution in [0.1, 0.15) is 11.1 Å². The van der Waals surface area contributed by atoms with Crippen LogP contribution < -0.4 is 0 Å². The molecule has 0 unspecified atom stereocenters. The molecule has 0 aliphatic heterocycles. The normalized spacial score (nSPS) is 12.1. The zero-order valence-electron chi connectivity index (χ0n) is 31.2. The van der Waals surface area contributed by atoms with Crippen LogP contribution in [-0.2, 0) is 6.42 Å². The molecular formula is C55H36N2. The summed E-state index contributed by atoms with van der Waals surface area (Å²) in [7, 11) is 0. The molecule has 0 bridgehead atoms. The molecule has 2 heteroatoms. The topological polar surface area (TPSA) is 9.86 Å². The number of fused-ring (bicyclic) bond motifs is 10. The molecule has 12 rings (SSSR count). The highest BCUT2D eigenvalue weighted by molar-refractivity contribution is 6.28. The van der Waals surface area contributed by atoms with Crippen molar-refractivity contribution in [2.45, 2.75) is 6.42 Å². The minimum absolute atomic E-state index is 0.943. The fourth-order valence-electron chi connectivity index (χ4n) is 9.60.